The Hall–Kier alpha value is -8.64. The van der Waals surface area contributed by atoms with Crippen molar-refractivity contribution in [2.45, 2.75) is 39.3 Å². The van der Waals surface area contributed by atoms with Crippen LogP contribution in [0.2, 0.25) is 0 Å². The Labute approximate surface area is 688 Å². The van der Waals surface area contributed by atoms with Gasteiger partial charge in [-0.3, -0.25) is 67.3 Å². The van der Waals surface area contributed by atoms with E-state index >= 15 is 0 Å². The molecule has 0 unspecified atom stereocenters. The van der Waals surface area contributed by atoms with E-state index in [0.717, 1.165) is 36.4 Å². The second-order valence-corrected chi connectivity index (χ2v) is 22.5. The van der Waals surface area contributed by atoms with Crippen LogP contribution in [0.25, 0.3) is 0 Å². The molecular weight excluding hydrogens is 1730 g/mol. The molecule has 0 spiro atoms. The number of nitrogens with one attached hydrogen (secondary N) is 6. The van der Waals surface area contributed by atoms with Crippen LogP contribution in [0.1, 0.15) is 62.9 Å². The number of carbonyl (C=O) groups is 6. The largest absolute Gasteiger partial charge is 3.00 e. The van der Waals surface area contributed by atoms with E-state index in [0.29, 0.717) is 0 Å². The predicted molar refractivity (Wildman–Crippen MR) is 373 cm³/mol. The predicted octanol–water partition coefficient (Wildman–Crippen LogP) is -10.9. The van der Waals surface area contributed by atoms with E-state index in [9.17, 15) is 88.2 Å². The van der Waals surface area contributed by atoms with E-state index < -0.39 is 103 Å². The molecule has 6 aromatic heterocycles. The second kappa shape index (κ2) is 54.1. The van der Waals surface area contributed by atoms with Crippen molar-refractivity contribution in [1.82, 2.24) is 69.1 Å². The molecular formula is C66H92GdLaN14O28. The molecule has 0 aliphatic carbocycles. The second-order valence-electron chi connectivity index (χ2n) is 22.5. The maximum Gasteiger partial charge on any atom is 3.00 e. The number of carbonyl (C=O) groups excluding carboxylic acids is 6. The maximum atomic E-state index is 13.1. The van der Waals surface area contributed by atoms with E-state index in [2.05, 4.69) is 31.9 Å². The fraction of sp³-hybridized carbons (Fsp3) is 0.455. The zero-order chi connectivity index (χ0) is 76.4. The van der Waals surface area contributed by atoms with Crippen LogP contribution in [0.4, 0.5) is 0 Å². The number of hydrogen-bond donors (Lipinski definition) is 6. The molecule has 6 aromatic rings. The summed E-state index contributed by atoms with van der Waals surface area (Å²) < 4.78 is 38.0. The number of aromatic nitrogens is 6. The number of pyridine rings is 6. The molecule has 605 valence electrons. The van der Waals surface area contributed by atoms with Gasteiger partial charge in [0.05, 0.1) is 39.6 Å². The Kier molecular flexibility index (Phi) is 50.8. The van der Waals surface area contributed by atoms with Crippen LogP contribution in [-0.4, -0.2) is 255 Å². The molecule has 0 aromatic carbocycles. The van der Waals surface area contributed by atoms with Gasteiger partial charge in [-0.15, -0.1) is 0 Å². The third-order valence-electron chi connectivity index (χ3n) is 15.6. The number of ether oxygens (including phenoxy) is 6. The average molecular weight is 1830 g/mol. The molecule has 0 bridgehead atoms. The molecule has 44 heteroatoms. The summed E-state index contributed by atoms with van der Waals surface area (Å²) in [6.45, 7) is 2.20. The first-order valence-electron chi connectivity index (χ1n) is 32.4. The maximum absolute atomic E-state index is 13.1. The minimum Gasteiger partial charge on any atom is -0.868 e. The monoisotopic (exact) mass is 1830 g/mol. The average Bonchev–Trinajstić information content (AvgIpc) is 0.858. The SMILES string of the molecule is COCCn1ccc(=O)c([O-])c1C(=O)NCCN(CCNC(=O)c1c([O-])c(=O)ccn1CCOC)CCNC(=O)c1c([O-])c(=O)ccn1CCOC.COCCn1ccc(=O)c([O-])c1C(=O)NCCN(CCNC(=O)c1c([O-])c(=O)ccn1CCOC)CCNC(=O)c1c([O-])c(=O)ccn1CCOC.O.O.O.O.[Gd+3].[La+3]. The van der Waals surface area contributed by atoms with Crippen molar-refractivity contribution in [2.75, 3.05) is 161 Å². The standard InChI is InChI=1S/2C33H45N7O12.Gd.La.4H2O/c2*1-50-19-16-38-10-4-22(41)28(44)25(38)31(47)34-7-13-37(14-8-35-32(48)26-29(45)23(42)5-11-39(26)17-20-51-2)15-9-36-33(49)27-30(46)24(43)6-12-40(27)18-21-52-3;;;;;;/h2*4-6,10-12,44-46H,7-9,13-21H2,1-3H3,(H,34,47)(H,35,48)(H,36,49);;;4*1H2/q;;2*+3;;;;/p-6. The number of rotatable bonds is 42. The molecule has 0 saturated heterocycles. The minimum absolute atomic E-state index is 0. The van der Waals surface area contributed by atoms with Gasteiger partial charge in [-0.05, 0) is 34.5 Å². The molecule has 0 aliphatic rings. The first-order valence-corrected chi connectivity index (χ1v) is 32.4. The smallest absolute Gasteiger partial charge is 0.868 e. The Balaban J connectivity index is 0. The van der Waals surface area contributed by atoms with Gasteiger partial charge in [-0.1, -0.05) is 0 Å². The zero-order valence-electron chi connectivity index (χ0n) is 61.2. The number of hydrogen-bond acceptors (Lipinski definition) is 26. The van der Waals surface area contributed by atoms with Gasteiger partial charge < -0.3 is 140 Å². The summed E-state index contributed by atoms with van der Waals surface area (Å²) in [7, 11) is 8.66. The summed E-state index contributed by atoms with van der Waals surface area (Å²) in [6.07, 6.45) is 7.91. The van der Waals surface area contributed by atoms with Crippen molar-refractivity contribution < 1.29 is 185 Å². The van der Waals surface area contributed by atoms with E-state index in [1.807, 2.05) is 0 Å². The third kappa shape index (κ3) is 30.6. The van der Waals surface area contributed by atoms with Gasteiger partial charge in [0.15, 0.2) is 32.6 Å². The first-order chi connectivity index (χ1) is 49.9. The summed E-state index contributed by atoms with van der Waals surface area (Å²) in [5.41, 5.74) is -7.37. The van der Waals surface area contributed by atoms with Crippen molar-refractivity contribution in [3.8, 4) is 34.5 Å². The van der Waals surface area contributed by atoms with E-state index in [4.69, 9.17) is 28.4 Å². The van der Waals surface area contributed by atoms with Gasteiger partial charge in [0.2, 0.25) is 0 Å². The van der Waals surface area contributed by atoms with Gasteiger partial charge in [-0.25, -0.2) is 0 Å². The van der Waals surface area contributed by atoms with E-state index in [1.165, 1.54) is 107 Å². The van der Waals surface area contributed by atoms with Gasteiger partial charge >= 0.3 is 75.5 Å². The fourth-order valence-corrected chi connectivity index (χ4v) is 10.1. The Morgan fingerprint density at radius 1 is 0.291 bits per heavy atom. The van der Waals surface area contributed by atoms with Crippen LogP contribution in [0, 0.1) is 75.5 Å². The van der Waals surface area contributed by atoms with Crippen LogP contribution in [0.3, 0.4) is 0 Å². The molecule has 6 rings (SSSR count). The summed E-state index contributed by atoms with van der Waals surface area (Å²) in [4.78, 5) is 154. The van der Waals surface area contributed by atoms with Gasteiger partial charge in [0.1, 0.15) is 34.2 Å². The van der Waals surface area contributed by atoms with Crippen LogP contribution in [0.15, 0.2) is 102 Å². The third-order valence-corrected chi connectivity index (χ3v) is 15.6. The molecule has 0 atom stereocenters. The van der Waals surface area contributed by atoms with Gasteiger partial charge in [0.25, 0.3) is 35.4 Å². The number of methoxy groups -OCH3 is 6. The molecule has 110 heavy (non-hydrogen) atoms. The van der Waals surface area contributed by atoms with Crippen LogP contribution < -0.4 is 95.1 Å². The number of nitrogens with zero attached hydrogens (tertiary/aromatic N) is 8. The zero-order valence-corrected chi connectivity index (χ0v) is 67.1. The van der Waals surface area contributed by atoms with Crippen molar-refractivity contribution in [3.05, 3.63) is 169 Å². The molecule has 6 heterocycles. The molecule has 0 fully saturated rings. The van der Waals surface area contributed by atoms with Crippen molar-refractivity contribution in [2.24, 2.45) is 0 Å². The van der Waals surface area contributed by atoms with Crippen LogP contribution in [-0.2, 0) is 67.7 Å². The summed E-state index contributed by atoms with van der Waals surface area (Å²) in [6, 6.07) is 6.35. The quantitative estimate of drug-likeness (QED) is 0.0207. The number of amides is 6. The molecule has 14 N–H and O–H groups in total. The van der Waals surface area contributed by atoms with Crippen molar-refractivity contribution in [1.29, 1.82) is 0 Å². The Morgan fingerprint density at radius 2 is 0.418 bits per heavy atom. The molecule has 0 saturated carbocycles. The summed E-state index contributed by atoms with van der Waals surface area (Å²) in [5.74, 6) is -10.7. The molecule has 0 aliphatic heterocycles. The summed E-state index contributed by atoms with van der Waals surface area (Å²) in [5, 5.41) is 91.0. The minimum atomic E-state index is -0.983. The molecule has 1 radical (unpaired) electrons. The van der Waals surface area contributed by atoms with Crippen LogP contribution >= 0.6 is 0 Å². The molecule has 42 nitrogen and oxygen atoms in total. The summed E-state index contributed by atoms with van der Waals surface area (Å²) >= 11 is 0. The van der Waals surface area contributed by atoms with Gasteiger partial charge in [-0.2, -0.15) is 0 Å². The van der Waals surface area contributed by atoms with E-state index in [-0.39, 0.29) is 289 Å². The van der Waals surface area contributed by atoms with Crippen molar-refractivity contribution >= 4 is 35.4 Å². The van der Waals surface area contributed by atoms with Crippen LogP contribution in [0.5, 0.6) is 34.5 Å². The topological polar surface area (TPSA) is 633 Å². The Bertz CT molecular complexity index is 3610. The van der Waals surface area contributed by atoms with Gasteiger partial charge in [0, 0.05) is 234 Å². The molecule has 6 amide bonds. The normalized spacial score (nSPS) is 10.5. The fourth-order valence-electron chi connectivity index (χ4n) is 10.1. The Morgan fingerprint density at radius 3 is 0.536 bits per heavy atom. The van der Waals surface area contributed by atoms with E-state index in [1.54, 1.807) is 9.80 Å². The first kappa shape index (κ1) is 103. The van der Waals surface area contributed by atoms with Crippen molar-refractivity contribution in [3.63, 3.8) is 0 Å².